The molecule has 0 bridgehead atoms. The van der Waals surface area contributed by atoms with Gasteiger partial charge < -0.3 is 0 Å². The molecule has 2 aromatic heterocycles. The Morgan fingerprint density at radius 3 is 2.48 bits per heavy atom. The van der Waals surface area contributed by atoms with E-state index in [1.54, 1.807) is 23.1 Å². The van der Waals surface area contributed by atoms with Crippen LogP contribution in [0.25, 0.3) is 0 Å². The Morgan fingerprint density at radius 1 is 1.24 bits per heavy atom. The molecule has 0 aliphatic carbocycles. The van der Waals surface area contributed by atoms with Crippen LogP contribution in [-0.4, -0.2) is 25.6 Å². The summed E-state index contributed by atoms with van der Waals surface area (Å²) < 4.78 is 2.89. The molecule has 2 rings (SSSR count). The molecular formula is C16H24N4O. The highest BCUT2D eigenvalue weighted by Crippen LogP contribution is 2.25. The molecule has 0 fully saturated rings. The van der Waals surface area contributed by atoms with Gasteiger partial charge in [0.05, 0.1) is 11.4 Å². The molecule has 0 amide bonds. The molecule has 0 N–H and O–H groups in total. The maximum absolute atomic E-state index is 12.6. The van der Waals surface area contributed by atoms with Crippen molar-refractivity contribution in [1.29, 1.82) is 0 Å². The van der Waals surface area contributed by atoms with Gasteiger partial charge in [0, 0.05) is 12.4 Å². The number of carbonyl (C=O) groups is 1. The highest BCUT2D eigenvalue weighted by molar-refractivity contribution is 5.78. The van der Waals surface area contributed by atoms with Gasteiger partial charge in [0.2, 0.25) is 0 Å². The fraction of sp³-hybridized carbons (Fsp3) is 0.562. The molecule has 0 atom stereocenters. The Morgan fingerprint density at radius 2 is 1.95 bits per heavy atom. The lowest BCUT2D eigenvalue weighted by atomic mass is 9.98. The first-order valence-electron chi connectivity index (χ1n) is 7.75. The lowest BCUT2D eigenvalue weighted by Gasteiger charge is -2.08. The van der Waals surface area contributed by atoms with Crippen molar-refractivity contribution < 1.29 is 4.79 Å². The number of carbonyl (C=O) groups excluding carboxylic acids is 1. The summed E-state index contributed by atoms with van der Waals surface area (Å²) in [5.41, 5.74) is 3.33. The summed E-state index contributed by atoms with van der Waals surface area (Å²) in [5, 5.41) is 8.64. The van der Waals surface area contributed by atoms with E-state index in [1.807, 2.05) is 0 Å². The van der Waals surface area contributed by atoms with Crippen molar-refractivity contribution in [2.24, 2.45) is 0 Å². The van der Waals surface area contributed by atoms with Gasteiger partial charge in [-0.1, -0.05) is 40.5 Å². The van der Waals surface area contributed by atoms with E-state index < -0.39 is 0 Å². The topological polar surface area (TPSA) is 52.7 Å². The van der Waals surface area contributed by atoms with E-state index in [1.165, 1.54) is 10.2 Å². The molecule has 5 heteroatoms. The van der Waals surface area contributed by atoms with Gasteiger partial charge in [-0.2, -0.15) is 19.6 Å². The van der Waals surface area contributed by atoms with Crippen LogP contribution in [0.5, 0.6) is 0 Å². The number of hydrogen-bond acceptors (Lipinski definition) is 3. The highest BCUT2D eigenvalue weighted by Gasteiger charge is 2.23. The van der Waals surface area contributed by atoms with Gasteiger partial charge in [-0.3, -0.25) is 0 Å². The zero-order valence-electron chi connectivity index (χ0n) is 13.3. The van der Waals surface area contributed by atoms with Crippen LogP contribution in [0.2, 0.25) is 0 Å². The molecule has 0 saturated carbocycles. The van der Waals surface area contributed by atoms with Gasteiger partial charge >= 0.3 is 6.03 Å². The molecule has 0 aliphatic rings. The standard InChI is InChI=1S/C16H24N4O/c1-5-8-13-14(9-6-2)20(18-15(13)12(3)4)16(21)19-11-7-10-17-19/h7,10-12H,5-6,8-9H2,1-4H3. The van der Waals surface area contributed by atoms with Crippen molar-refractivity contribution >= 4 is 6.03 Å². The third kappa shape index (κ3) is 3.06. The smallest absolute Gasteiger partial charge is 0.244 e. The first-order chi connectivity index (χ1) is 10.1. The van der Waals surface area contributed by atoms with Crippen molar-refractivity contribution in [3.8, 4) is 0 Å². The van der Waals surface area contributed by atoms with Crippen molar-refractivity contribution in [2.45, 2.75) is 59.3 Å². The Hall–Kier alpha value is -1.91. The van der Waals surface area contributed by atoms with Crippen molar-refractivity contribution in [3.63, 3.8) is 0 Å². The van der Waals surface area contributed by atoms with E-state index >= 15 is 0 Å². The molecule has 0 aliphatic heterocycles. The van der Waals surface area contributed by atoms with Crippen LogP contribution in [0.15, 0.2) is 18.5 Å². The second kappa shape index (κ2) is 6.70. The summed E-state index contributed by atoms with van der Waals surface area (Å²) in [6.45, 7) is 8.53. The number of hydrogen-bond donors (Lipinski definition) is 0. The van der Waals surface area contributed by atoms with Crippen LogP contribution in [0, 0.1) is 0 Å². The minimum absolute atomic E-state index is 0.201. The average molecular weight is 288 g/mol. The first-order valence-corrected chi connectivity index (χ1v) is 7.75. The van der Waals surface area contributed by atoms with Crippen LogP contribution in [-0.2, 0) is 12.8 Å². The molecule has 0 saturated heterocycles. The van der Waals surface area contributed by atoms with Gasteiger partial charge in [-0.15, -0.1) is 0 Å². The number of aromatic nitrogens is 4. The summed E-state index contributed by atoms with van der Waals surface area (Å²) in [4.78, 5) is 12.6. The third-order valence-electron chi connectivity index (χ3n) is 3.54. The van der Waals surface area contributed by atoms with E-state index in [-0.39, 0.29) is 6.03 Å². The fourth-order valence-electron chi connectivity index (χ4n) is 2.62. The Kier molecular flexibility index (Phi) is 4.94. The molecular weight excluding hydrogens is 264 g/mol. The van der Waals surface area contributed by atoms with E-state index in [2.05, 4.69) is 37.9 Å². The van der Waals surface area contributed by atoms with Gasteiger partial charge in [0.15, 0.2) is 0 Å². The van der Waals surface area contributed by atoms with E-state index in [4.69, 9.17) is 0 Å². The van der Waals surface area contributed by atoms with Crippen LogP contribution in [0.3, 0.4) is 0 Å². The normalized spacial score (nSPS) is 11.3. The molecule has 0 unspecified atom stereocenters. The summed E-state index contributed by atoms with van der Waals surface area (Å²) in [6.07, 6.45) is 7.15. The SMILES string of the molecule is CCCc1c(C(C)C)nn(C(=O)n2cccn2)c1CCC. The second-order valence-corrected chi connectivity index (χ2v) is 5.61. The highest BCUT2D eigenvalue weighted by atomic mass is 16.2. The van der Waals surface area contributed by atoms with Crippen molar-refractivity contribution in [2.75, 3.05) is 0 Å². The summed E-state index contributed by atoms with van der Waals surface area (Å²) in [7, 11) is 0. The van der Waals surface area contributed by atoms with Crippen molar-refractivity contribution in [3.05, 3.63) is 35.4 Å². The fourth-order valence-corrected chi connectivity index (χ4v) is 2.62. The predicted octanol–water partition coefficient (Wildman–Crippen LogP) is 3.62. The quantitative estimate of drug-likeness (QED) is 0.844. The van der Waals surface area contributed by atoms with Crippen LogP contribution in [0.4, 0.5) is 4.79 Å². The summed E-state index contributed by atoms with van der Waals surface area (Å²) in [5.74, 6) is 0.314. The Bertz CT molecular complexity index is 596. The van der Waals surface area contributed by atoms with Crippen LogP contribution in [0.1, 0.15) is 63.4 Å². The summed E-state index contributed by atoms with van der Waals surface area (Å²) in [6, 6.07) is 1.55. The number of nitrogens with zero attached hydrogens (tertiary/aromatic N) is 4. The van der Waals surface area contributed by atoms with E-state index in [9.17, 15) is 4.79 Å². The van der Waals surface area contributed by atoms with Gasteiger partial charge in [-0.25, -0.2) is 4.79 Å². The van der Waals surface area contributed by atoms with E-state index in [0.29, 0.717) is 5.92 Å². The van der Waals surface area contributed by atoms with Crippen LogP contribution < -0.4 is 0 Å². The van der Waals surface area contributed by atoms with Gasteiger partial charge in [0.25, 0.3) is 0 Å². The van der Waals surface area contributed by atoms with Gasteiger partial charge in [0.1, 0.15) is 0 Å². The molecule has 0 aromatic carbocycles. The first kappa shape index (κ1) is 15.5. The van der Waals surface area contributed by atoms with E-state index in [0.717, 1.165) is 37.1 Å². The number of rotatable bonds is 5. The molecule has 2 heterocycles. The maximum atomic E-state index is 12.6. The lowest BCUT2D eigenvalue weighted by molar-refractivity contribution is 0.237. The van der Waals surface area contributed by atoms with Gasteiger partial charge in [-0.05, 0) is 30.4 Å². The summed E-state index contributed by atoms with van der Waals surface area (Å²) >= 11 is 0. The molecule has 5 nitrogen and oxygen atoms in total. The molecule has 114 valence electrons. The zero-order valence-corrected chi connectivity index (χ0v) is 13.3. The molecule has 21 heavy (non-hydrogen) atoms. The Labute approximate surface area is 126 Å². The molecule has 2 aromatic rings. The minimum atomic E-state index is -0.201. The predicted molar refractivity (Wildman–Crippen MR) is 82.7 cm³/mol. The third-order valence-corrected chi connectivity index (χ3v) is 3.54. The molecule has 0 radical (unpaired) electrons. The van der Waals surface area contributed by atoms with Crippen molar-refractivity contribution in [1.82, 2.24) is 19.6 Å². The van der Waals surface area contributed by atoms with Crippen LogP contribution >= 0.6 is 0 Å². The second-order valence-electron chi connectivity index (χ2n) is 5.61. The Balaban J connectivity index is 2.53. The largest absolute Gasteiger partial charge is 0.369 e. The average Bonchev–Trinajstić information content (AvgIpc) is 3.08. The maximum Gasteiger partial charge on any atom is 0.369 e. The minimum Gasteiger partial charge on any atom is -0.244 e. The monoisotopic (exact) mass is 288 g/mol. The zero-order chi connectivity index (χ0) is 15.4. The molecule has 0 spiro atoms. The lowest BCUT2D eigenvalue weighted by Crippen LogP contribution is -2.23.